The zero-order chi connectivity index (χ0) is 13.0. The van der Waals surface area contributed by atoms with Gasteiger partial charge in [-0.15, -0.1) is 0 Å². The zero-order valence-corrected chi connectivity index (χ0v) is 11.3. The molecular formula is C14H21NO3. The van der Waals surface area contributed by atoms with Crippen LogP contribution in [0.4, 0.5) is 0 Å². The van der Waals surface area contributed by atoms with Crippen LogP contribution in [0.25, 0.3) is 0 Å². The van der Waals surface area contributed by atoms with Crippen molar-refractivity contribution in [3.63, 3.8) is 0 Å². The number of benzene rings is 1. The Labute approximate surface area is 108 Å². The van der Waals surface area contributed by atoms with Crippen LogP contribution in [0.3, 0.4) is 0 Å². The molecule has 1 aliphatic rings. The minimum absolute atomic E-state index is 0.0901. The largest absolute Gasteiger partial charge is 0.493 e. The Morgan fingerprint density at radius 3 is 2.61 bits per heavy atom. The average Bonchev–Trinajstić information content (AvgIpc) is 2.60. The molecule has 18 heavy (non-hydrogen) atoms. The first kappa shape index (κ1) is 13.2. The van der Waals surface area contributed by atoms with Gasteiger partial charge in [0.15, 0.2) is 11.5 Å². The van der Waals surface area contributed by atoms with Gasteiger partial charge in [0.1, 0.15) is 0 Å². The van der Waals surface area contributed by atoms with E-state index in [9.17, 15) is 0 Å². The highest BCUT2D eigenvalue weighted by atomic mass is 16.5. The van der Waals surface area contributed by atoms with Crippen molar-refractivity contribution in [2.75, 3.05) is 33.9 Å². The van der Waals surface area contributed by atoms with Crippen molar-refractivity contribution in [2.45, 2.75) is 19.4 Å². The molecule has 0 saturated carbocycles. The summed E-state index contributed by atoms with van der Waals surface area (Å²) in [6.45, 7) is 4.54. The highest BCUT2D eigenvalue weighted by molar-refractivity contribution is 5.48. The van der Waals surface area contributed by atoms with E-state index in [1.165, 1.54) is 11.1 Å². The molecular weight excluding hydrogens is 230 g/mol. The van der Waals surface area contributed by atoms with Crippen LogP contribution < -0.4 is 14.8 Å². The quantitative estimate of drug-likeness (QED) is 0.887. The summed E-state index contributed by atoms with van der Waals surface area (Å²) in [7, 11) is 3.33. The normalized spacial score (nSPS) is 18.9. The molecule has 1 aromatic rings. The van der Waals surface area contributed by atoms with E-state index in [1.54, 1.807) is 14.2 Å². The minimum atomic E-state index is 0.0901. The molecule has 1 aliphatic heterocycles. The molecule has 1 N–H and O–H groups in total. The third kappa shape index (κ3) is 2.60. The third-order valence-electron chi connectivity index (χ3n) is 3.26. The first-order valence-electron chi connectivity index (χ1n) is 6.37. The van der Waals surface area contributed by atoms with Crippen LogP contribution in [0, 0.1) is 0 Å². The lowest BCUT2D eigenvalue weighted by Crippen LogP contribution is -2.21. The minimum Gasteiger partial charge on any atom is -0.493 e. The van der Waals surface area contributed by atoms with Crippen LogP contribution in [0.15, 0.2) is 12.1 Å². The smallest absolute Gasteiger partial charge is 0.161 e. The number of rotatable bonds is 4. The molecule has 0 aromatic heterocycles. The van der Waals surface area contributed by atoms with Crippen molar-refractivity contribution in [1.29, 1.82) is 0 Å². The maximum absolute atomic E-state index is 5.80. The summed E-state index contributed by atoms with van der Waals surface area (Å²) in [6.07, 6.45) is 1.08. The fourth-order valence-corrected chi connectivity index (χ4v) is 2.37. The first-order valence-corrected chi connectivity index (χ1v) is 6.37. The molecule has 0 spiro atoms. The summed E-state index contributed by atoms with van der Waals surface area (Å²) >= 11 is 0. The third-order valence-corrected chi connectivity index (χ3v) is 3.26. The van der Waals surface area contributed by atoms with Gasteiger partial charge in [0.05, 0.1) is 20.3 Å². The van der Waals surface area contributed by atoms with Gasteiger partial charge in [0.25, 0.3) is 0 Å². The van der Waals surface area contributed by atoms with Crippen LogP contribution >= 0.6 is 0 Å². The summed E-state index contributed by atoms with van der Waals surface area (Å²) in [6, 6.07) is 4.11. The second-order valence-corrected chi connectivity index (χ2v) is 4.30. The van der Waals surface area contributed by atoms with Gasteiger partial charge in [-0.05, 0) is 43.1 Å². The van der Waals surface area contributed by atoms with Crippen LogP contribution in [0.5, 0.6) is 11.5 Å². The van der Waals surface area contributed by atoms with Gasteiger partial charge in [-0.3, -0.25) is 0 Å². The average molecular weight is 251 g/mol. The van der Waals surface area contributed by atoms with Crippen molar-refractivity contribution in [3.05, 3.63) is 23.3 Å². The lowest BCUT2D eigenvalue weighted by molar-refractivity contribution is 0.0638. The van der Waals surface area contributed by atoms with E-state index < -0.39 is 0 Å². The first-order chi connectivity index (χ1) is 8.80. The maximum atomic E-state index is 5.80. The van der Waals surface area contributed by atoms with Crippen molar-refractivity contribution in [1.82, 2.24) is 5.32 Å². The summed E-state index contributed by atoms with van der Waals surface area (Å²) in [4.78, 5) is 0. The fraction of sp³-hybridized carbons (Fsp3) is 0.571. The van der Waals surface area contributed by atoms with E-state index >= 15 is 0 Å². The van der Waals surface area contributed by atoms with E-state index in [4.69, 9.17) is 14.2 Å². The Bertz CT molecular complexity index is 406. The number of hydrogen-bond donors (Lipinski definition) is 1. The van der Waals surface area contributed by atoms with Crippen molar-refractivity contribution in [2.24, 2.45) is 0 Å². The van der Waals surface area contributed by atoms with E-state index in [2.05, 4.69) is 11.4 Å². The van der Waals surface area contributed by atoms with E-state index in [1.807, 2.05) is 13.0 Å². The fourth-order valence-electron chi connectivity index (χ4n) is 2.37. The van der Waals surface area contributed by atoms with Crippen LogP contribution in [0.2, 0.25) is 0 Å². The molecule has 0 bridgehead atoms. The van der Waals surface area contributed by atoms with Crippen LogP contribution in [-0.2, 0) is 11.2 Å². The van der Waals surface area contributed by atoms with Crippen molar-refractivity contribution in [3.8, 4) is 11.5 Å². The molecule has 0 radical (unpaired) electrons. The SMILES string of the molecule is CCOC1CNCCc2cc(OC)c(OC)cc21. The molecule has 1 atom stereocenters. The molecule has 0 amide bonds. The highest BCUT2D eigenvalue weighted by Gasteiger charge is 2.21. The molecule has 100 valence electrons. The Morgan fingerprint density at radius 2 is 1.94 bits per heavy atom. The Hall–Kier alpha value is -1.26. The van der Waals surface area contributed by atoms with Gasteiger partial charge >= 0.3 is 0 Å². The number of ether oxygens (including phenoxy) is 3. The predicted molar refractivity (Wildman–Crippen MR) is 70.5 cm³/mol. The van der Waals surface area contributed by atoms with Gasteiger partial charge < -0.3 is 19.5 Å². The second kappa shape index (κ2) is 6.07. The predicted octanol–water partition coefficient (Wildman–Crippen LogP) is 1.93. The second-order valence-electron chi connectivity index (χ2n) is 4.30. The summed E-state index contributed by atoms with van der Waals surface area (Å²) in [5, 5.41) is 3.40. The topological polar surface area (TPSA) is 39.7 Å². The highest BCUT2D eigenvalue weighted by Crippen LogP contribution is 2.35. The summed E-state index contributed by atoms with van der Waals surface area (Å²) < 4.78 is 16.5. The molecule has 0 fully saturated rings. The number of nitrogens with one attached hydrogen (secondary N) is 1. The molecule has 1 aromatic carbocycles. The number of methoxy groups -OCH3 is 2. The van der Waals surface area contributed by atoms with E-state index in [-0.39, 0.29) is 6.10 Å². The Balaban J connectivity index is 2.42. The van der Waals surface area contributed by atoms with Crippen molar-refractivity contribution < 1.29 is 14.2 Å². The number of fused-ring (bicyclic) bond motifs is 1. The monoisotopic (exact) mass is 251 g/mol. The van der Waals surface area contributed by atoms with Gasteiger partial charge in [0, 0.05) is 13.2 Å². The van der Waals surface area contributed by atoms with Gasteiger partial charge in [0.2, 0.25) is 0 Å². The summed E-state index contributed by atoms with van der Waals surface area (Å²) in [5.41, 5.74) is 2.48. The molecule has 0 saturated heterocycles. The summed E-state index contributed by atoms with van der Waals surface area (Å²) in [5.74, 6) is 1.55. The van der Waals surface area contributed by atoms with Gasteiger partial charge in [-0.2, -0.15) is 0 Å². The van der Waals surface area contributed by atoms with E-state index in [0.29, 0.717) is 6.61 Å². The van der Waals surface area contributed by atoms with Crippen LogP contribution in [0.1, 0.15) is 24.2 Å². The zero-order valence-electron chi connectivity index (χ0n) is 11.3. The van der Waals surface area contributed by atoms with Gasteiger partial charge in [-0.25, -0.2) is 0 Å². The lowest BCUT2D eigenvalue weighted by atomic mass is 10.00. The van der Waals surface area contributed by atoms with Gasteiger partial charge in [-0.1, -0.05) is 0 Å². The standard InChI is InChI=1S/C14H21NO3/c1-4-18-14-9-15-6-5-10-7-12(16-2)13(17-3)8-11(10)14/h7-8,14-15H,4-6,9H2,1-3H3. The molecule has 4 heteroatoms. The maximum Gasteiger partial charge on any atom is 0.161 e. The molecule has 1 heterocycles. The Kier molecular flexibility index (Phi) is 4.44. The van der Waals surface area contributed by atoms with Crippen LogP contribution in [-0.4, -0.2) is 33.9 Å². The molecule has 4 nitrogen and oxygen atoms in total. The molecule has 1 unspecified atom stereocenters. The number of hydrogen-bond acceptors (Lipinski definition) is 4. The molecule has 0 aliphatic carbocycles. The Morgan fingerprint density at radius 1 is 1.22 bits per heavy atom. The lowest BCUT2D eigenvalue weighted by Gasteiger charge is -2.19. The van der Waals surface area contributed by atoms with E-state index in [0.717, 1.165) is 31.0 Å². The molecule has 2 rings (SSSR count). The van der Waals surface area contributed by atoms with Crippen molar-refractivity contribution >= 4 is 0 Å².